The Morgan fingerprint density at radius 1 is 1.33 bits per heavy atom. The van der Waals surface area contributed by atoms with E-state index in [0.717, 1.165) is 5.56 Å². The van der Waals surface area contributed by atoms with Crippen LogP contribution in [0.4, 0.5) is 0 Å². The maximum atomic E-state index is 11.7. The normalized spacial score (nSPS) is 9.80. The number of Topliss-reactive ketones (excluding diaryl/α,β-unsaturated/α-hetero) is 1. The molecule has 0 fully saturated rings. The molecule has 0 saturated carbocycles. The van der Waals surface area contributed by atoms with Crippen molar-refractivity contribution in [2.45, 2.75) is 20.3 Å². The van der Waals surface area contributed by atoms with Gasteiger partial charge in [-0.2, -0.15) is 0 Å². The maximum absolute atomic E-state index is 11.7. The van der Waals surface area contributed by atoms with Gasteiger partial charge in [0, 0.05) is 12.0 Å². The molecule has 80 valence electrons. The van der Waals surface area contributed by atoms with Gasteiger partial charge in [0.2, 0.25) is 0 Å². The largest absolute Gasteiger partial charge is 0.465 e. The van der Waals surface area contributed by atoms with Crippen molar-refractivity contribution in [1.29, 1.82) is 0 Å². The highest BCUT2D eigenvalue weighted by Crippen LogP contribution is 2.17. The fourth-order valence-electron chi connectivity index (χ4n) is 1.49. The first-order chi connectivity index (χ1) is 7.11. The fourth-order valence-corrected chi connectivity index (χ4v) is 1.49. The smallest absolute Gasteiger partial charge is 0.338 e. The summed E-state index contributed by atoms with van der Waals surface area (Å²) < 4.78 is 4.64. The molecule has 0 spiro atoms. The average molecular weight is 206 g/mol. The third kappa shape index (κ3) is 2.24. The van der Waals surface area contributed by atoms with E-state index in [1.807, 2.05) is 13.0 Å². The Balaban J connectivity index is 3.32. The van der Waals surface area contributed by atoms with Gasteiger partial charge in [0.25, 0.3) is 0 Å². The van der Waals surface area contributed by atoms with E-state index in [4.69, 9.17) is 0 Å². The molecular formula is C12H14O3. The van der Waals surface area contributed by atoms with Crippen LogP contribution in [0.2, 0.25) is 0 Å². The Hall–Kier alpha value is -1.64. The average Bonchev–Trinajstić information content (AvgIpc) is 2.26. The summed E-state index contributed by atoms with van der Waals surface area (Å²) >= 11 is 0. The Morgan fingerprint density at radius 2 is 2.00 bits per heavy atom. The second-order valence-electron chi connectivity index (χ2n) is 3.27. The second-order valence-corrected chi connectivity index (χ2v) is 3.27. The Bertz CT molecular complexity index is 394. The molecule has 3 heteroatoms. The molecule has 0 N–H and O–H groups in total. The Kier molecular flexibility index (Phi) is 3.61. The van der Waals surface area contributed by atoms with Crippen LogP contribution in [-0.4, -0.2) is 18.9 Å². The minimum absolute atomic E-state index is 0.0338. The molecule has 0 atom stereocenters. The molecule has 0 heterocycles. The summed E-state index contributed by atoms with van der Waals surface area (Å²) in [6.45, 7) is 3.59. The van der Waals surface area contributed by atoms with Gasteiger partial charge in [-0.15, -0.1) is 0 Å². The van der Waals surface area contributed by atoms with Gasteiger partial charge >= 0.3 is 5.97 Å². The van der Waals surface area contributed by atoms with E-state index in [2.05, 4.69) is 4.74 Å². The lowest BCUT2D eigenvalue weighted by molar-refractivity contribution is 0.0597. The molecular weight excluding hydrogens is 192 g/mol. The number of benzene rings is 1. The number of rotatable bonds is 3. The van der Waals surface area contributed by atoms with Gasteiger partial charge in [-0.1, -0.05) is 19.1 Å². The third-order valence-corrected chi connectivity index (χ3v) is 2.28. The highest BCUT2D eigenvalue weighted by Gasteiger charge is 2.17. The van der Waals surface area contributed by atoms with Crippen LogP contribution in [0.3, 0.4) is 0 Å². The molecule has 0 saturated heterocycles. The van der Waals surface area contributed by atoms with E-state index >= 15 is 0 Å². The zero-order valence-electron chi connectivity index (χ0n) is 9.16. The Labute approximate surface area is 89.1 Å². The fraction of sp³-hybridized carbons (Fsp3) is 0.333. The summed E-state index contributed by atoms with van der Waals surface area (Å²) in [6.07, 6.45) is 0.384. The SMILES string of the molecule is CCC(=O)c1c(C)cccc1C(=O)OC. The zero-order chi connectivity index (χ0) is 11.4. The quantitative estimate of drug-likeness (QED) is 0.563. The molecule has 0 unspecified atom stereocenters. The number of carbonyl (C=O) groups is 2. The molecule has 0 aliphatic rings. The topological polar surface area (TPSA) is 43.4 Å². The number of ether oxygens (including phenoxy) is 1. The summed E-state index contributed by atoms with van der Waals surface area (Å²) in [5, 5.41) is 0. The molecule has 1 rings (SSSR count). The summed E-state index contributed by atoms with van der Waals surface area (Å²) in [5.41, 5.74) is 1.64. The first-order valence-corrected chi connectivity index (χ1v) is 4.83. The minimum Gasteiger partial charge on any atom is -0.465 e. The van der Waals surface area contributed by atoms with Gasteiger partial charge in [0.15, 0.2) is 5.78 Å². The molecule has 15 heavy (non-hydrogen) atoms. The van der Waals surface area contributed by atoms with Gasteiger partial charge in [-0.05, 0) is 18.6 Å². The van der Waals surface area contributed by atoms with E-state index < -0.39 is 5.97 Å². The number of hydrogen-bond donors (Lipinski definition) is 0. The van der Waals surface area contributed by atoms with Crippen LogP contribution >= 0.6 is 0 Å². The number of esters is 1. The van der Waals surface area contributed by atoms with E-state index in [9.17, 15) is 9.59 Å². The van der Waals surface area contributed by atoms with Crippen molar-refractivity contribution in [3.63, 3.8) is 0 Å². The summed E-state index contributed by atoms with van der Waals surface area (Å²) in [6, 6.07) is 5.17. The van der Waals surface area contributed by atoms with Crippen molar-refractivity contribution in [1.82, 2.24) is 0 Å². The number of ketones is 1. The molecule has 0 amide bonds. The van der Waals surface area contributed by atoms with Crippen LogP contribution in [0.1, 0.15) is 39.6 Å². The molecule has 0 aromatic heterocycles. The van der Waals surface area contributed by atoms with E-state index in [1.165, 1.54) is 7.11 Å². The van der Waals surface area contributed by atoms with Gasteiger partial charge in [-0.25, -0.2) is 4.79 Å². The van der Waals surface area contributed by atoms with Crippen LogP contribution in [0, 0.1) is 6.92 Å². The van der Waals surface area contributed by atoms with E-state index in [1.54, 1.807) is 19.1 Å². The number of aryl methyl sites for hydroxylation is 1. The molecule has 0 bridgehead atoms. The van der Waals surface area contributed by atoms with Gasteiger partial charge < -0.3 is 4.74 Å². The van der Waals surface area contributed by atoms with Crippen molar-refractivity contribution in [2.75, 3.05) is 7.11 Å². The molecule has 0 radical (unpaired) electrons. The predicted octanol–water partition coefficient (Wildman–Crippen LogP) is 2.37. The van der Waals surface area contributed by atoms with Gasteiger partial charge in [0.05, 0.1) is 12.7 Å². The summed E-state index contributed by atoms with van der Waals surface area (Å²) in [4.78, 5) is 23.1. The van der Waals surface area contributed by atoms with Crippen LogP contribution in [0.15, 0.2) is 18.2 Å². The second kappa shape index (κ2) is 4.73. The van der Waals surface area contributed by atoms with Crippen LogP contribution in [0.5, 0.6) is 0 Å². The third-order valence-electron chi connectivity index (χ3n) is 2.28. The maximum Gasteiger partial charge on any atom is 0.338 e. The summed E-state index contributed by atoms with van der Waals surface area (Å²) in [5.74, 6) is -0.496. The lowest BCUT2D eigenvalue weighted by Crippen LogP contribution is -2.11. The molecule has 1 aromatic rings. The molecule has 0 aliphatic heterocycles. The first kappa shape index (κ1) is 11.4. The Morgan fingerprint density at radius 3 is 2.53 bits per heavy atom. The van der Waals surface area contributed by atoms with Crippen molar-refractivity contribution in [3.8, 4) is 0 Å². The number of hydrogen-bond acceptors (Lipinski definition) is 3. The van der Waals surface area contributed by atoms with Crippen molar-refractivity contribution < 1.29 is 14.3 Å². The highest BCUT2D eigenvalue weighted by atomic mass is 16.5. The summed E-state index contributed by atoms with van der Waals surface area (Å²) in [7, 11) is 1.31. The van der Waals surface area contributed by atoms with Gasteiger partial charge in [0.1, 0.15) is 0 Å². The zero-order valence-corrected chi connectivity index (χ0v) is 9.16. The van der Waals surface area contributed by atoms with Crippen molar-refractivity contribution in [3.05, 3.63) is 34.9 Å². The van der Waals surface area contributed by atoms with Crippen LogP contribution in [-0.2, 0) is 4.74 Å². The standard InChI is InChI=1S/C12H14O3/c1-4-10(13)11-8(2)6-5-7-9(11)12(14)15-3/h5-7H,4H2,1-3H3. The van der Waals surface area contributed by atoms with Crippen molar-refractivity contribution in [2.24, 2.45) is 0 Å². The van der Waals surface area contributed by atoms with E-state index in [-0.39, 0.29) is 5.78 Å². The number of carbonyl (C=O) groups excluding carboxylic acids is 2. The minimum atomic E-state index is -0.463. The predicted molar refractivity (Wildman–Crippen MR) is 57.1 cm³/mol. The van der Waals surface area contributed by atoms with Gasteiger partial charge in [-0.3, -0.25) is 4.79 Å². The van der Waals surface area contributed by atoms with Crippen molar-refractivity contribution >= 4 is 11.8 Å². The number of methoxy groups -OCH3 is 1. The van der Waals surface area contributed by atoms with Crippen LogP contribution < -0.4 is 0 Å². The molecule has 3 nitrogen and oxygen atoms in total. The highest BCUT2D eigenvalue weighted by molar-refractivity contribution is 6.07. The van der Waals surface area contributed by atoms with E-state index in [0.29, 0.717) is 17.5 Å². The van der Waals surface area contributed by atoms with Crippen LogP contribution in [0.25, 0.3) is 0 Å². The molecule has 1 aromatic carbocycles. The lowest BCUT2D eigenvalue weighted by atomic mass is 9.97. The monoisotopic (exact) mass is 206 g/mol. The molecule has 0 aliphatic carbocycles. The first-order valence-electron chi connectivity index (χ1n) is 4.83. The lowest BCUT2D eigenvalue weighted by Gasteiger charge is -2.08.